The second kappa shape index (κ2) is 37.8. The van der Waals surface area contributed by atoms with E-state index >= 15 is 0 Å². The van der Waals surface area contributed by atoms with Gasteiger partial charge in [0.2, 0.25) is 5.69 Å². The van der Waals surface area contributed by atoms with E-state index in [1.165, 1.54) is 4.52 Å². The molecule has 0 saturated carbocycles. The Hall–Kier alpha value is -13.9. The Labute approximate surface area is 798 Å². The first-order valence-electron chi connectivity index (χ1n) is 45.5. The lowest BCUT2D eigenvalue weighted by Crippen LogP contribution is -2.39. The molecule has 0 aliphatic carbocycles. The standard InChI is InChI=1S/C21H21N5OS.C20H18N5OS.3C20H19N5OS/c1-13-23-17-4-2-14(10-19(17)28-13)18-11-21(27)26-12-16(3-5-20(26)24-18)25-8-6-15(22)7-9-25;1-13-22-16-4-2-14(10-18(16)27-13)17-11-20(26)25-12-15(3-5-19(25)23-17)24-8-6-21-7-9-24;2*1-12-22-16-4-2-13(8-18(16)27-12)17-9-20(26)25-11-15(3-5-19(25)23-17)24-7-6-14(21)10-24;1-12-22-16-3-2-14(10-18(16)27-12)17-11-20(26)25-19(23-17)5-4-15(24-25)13-6-8-21-9-7-13/h2-5,10-12,15H,6-9,22H2,1H3;2-5,8,10-12,21H,6-7,9H2,1H3;2*2-5,8-9,11,14H,6-7,10,21H2,1H3;2-5,10-11,13,21H,6-9H2,1H3/q;+1;;;/t;;14-;;/m..0../s1. The van der Waals surface area contributed by atoms with Crippen molar-refractivity contribution in [3.63, 3.8) is 0 Å². The number of thiazole rings is 5. The molecule has 5 aromatic carbocycles. The maximum Gasteiger partial charge on any atom is 0.275 e. The van der Waals surface area contributed by atoms with Gasteiger partial charge in [0.05, 0.1) is 147 Å². The summed E-state index contributed by atoms with van der Waals surface area (Å²) in [6.07, 6.45) is 15.6. The number of hydrogen-bond donors (Lipinski definition) is 5. The molecule has 1 unspecified atom stereocenters. The fourth-order valence-electron chi connectivity index (χ4n) is 18.2. The molecule has 20 aromatic rings. The van der Waals surface area contributed by atoms with Crippen LogP contribution in [0.2, 0.25) is 0 Å². The van der Waals surface area contributed by atoms with E-state index in [1.54, 1.807) is 105 Å². The van der Waals surface area contributed by atoms with Gasteiger partial charge in [-0.2, -0.15) is 14.2 Å². The molecule has 35 heteroatoms. The lowest BCUT2D eigenvalue weighted by Gasteiger charge is -2.32. The Morgan fingerprint density at radius 3 is 1.02 bits per heavy atom. The number of rotatable bonds is 10. The molecule has 15 aromatic heterocycles. The van der Waals surface area contributed by atoms with E-state index in [-0.39, 0.29) is 45.9 Å². The Morgan fingerprint density at radius 2 is 0.662 bits per heavy atom. The first-order valence-corrected chi connectivity index (χ1v) is 49.6. The summed E-state index contributed by atoms with van der Waals surface area (Å²) in [5, 5.41) is 16.4. The molecule has 4 saturated heterocycles. The molecule has 2 atom stereocenters. The second-order valence-corrected chi connectivity index (χ2v) is 41.1. The molecule has 0 spiro atoms. The van der Waals surface area contributed by atoms with Crippen molar-refractivity contribution < 1.29 is 4.58 Å². The van der Waals surface area contributed by atoms with Gasteiger partial charge in [-0.3, -0.25) is 41.6 Å². The van der Waals surface area contributed by atoms with Crippen molar-refractivity contribution in [2.24, 2.45) is 17.2 Å². The number of benzene rings is 5. The topological polar surface area (TPSA) is 364 Å². The highest BCUT2D eigenvalue weighted by molar-refractivity contribution is 7.19. The van der Waals surface area contributed by atoms with Crippen LogP contribution in [0.25, 0.3) is 136 Å². The SMILES string of the molecule is Cc1nc2ccc(-c3cc(=O)n4cc(N5CCC(N)C5)ccc4n3)cc2s1.Cc1nc2ccc(-c3cc(=O)n4cc(N5CCC(N)CC5)ccc4n3)cc2s1.Cc1nc2ccc(-c3cc(=O)n4cc(N5CC[C@H](N)C5)ccc4n3)cc2s1.Cc1nc2ccc(-c3cc(=O)n4cc([N+]5=CCNCC5)ccc4n3)cc2s1.Cc1nc2ccc(-c3cc(=O)n4nc(C5CCNCC5)ccc4n3)cc2s1. The average Bonchev–Trinajstić information content (AvgIpc) is 1.33. The fourth-order valence-corrected chi connectivity index (χ4v) is 22.5. The lowest BCUT2D eigenvalue weighted by atomic mass is 9.94. The van der Waals surface area contributed by atoms with Crippen LogP contribution in [-0.2, 0) is 0 Å². The molecule has 4 fully saturated rings. The monoisotopic (exact) mass is 1900 g/mol. The summed E-state index contributed by atoms with van der Waals surface area (Å²) in [4.78, 5) is 116. The van der Waals surface area contributed by atoms with Gasteiger partial charge in [-0.1, -0.05) is 30.3 Å². The van der Waals surface area contributed by atoms with Gasteiger partial charge in [-0.25, -0.2) is 49.8 Å². The number of aryl methyl sites for hydroxylation is 5. The highest BCUT2D eigenvalue weighted by atomic mass is 32.1. The minimum atomic E-state index is -0.147. The molecule has 684 valence electrons. The minimum absolute atomic E-state index is 0.0730. The van der Waals surface area contributed by atoms with Gasteiger partial charge in [0, 0.05) is 146 Å². The molecule has 25 rings (SSSR count). The van der Waals surface area contributed by atoms with Gasteiger partial charge in [0.15, 0.2) is 18.4 Å². The van der Waals surface area contributed by atoms with Crippen LogP contribution in [0.3, 0.4) is 0 Å². The predicted octanol–water partition coefficient (Wildman–Crippen LogP) is 14.6. The maximum absolute atomic E-state index is 12.8. The van der Waals surface area contributed by atoms with Crippen LogP contribution in [0.4, 0.5) is 22.7 Å². The molecule has 136 heavy (non-hydrogen) atoms. The third kappa shape index (κ3) is 18.9. The summed E-state index contributed by atoms with van der Waals surface area (Å²) in [5.74, 6) is 0.402. The van der Waals surface area contributed by atoms with Crippen molar-refractivity contribution in [3.8, 4) is 56.3 Å². The van der Waals surface area contributed by atoms with Crippen molar-refractivity contribution >= 4 is 165 Å². The first-order chi connectivity index (χ1) is 66.0. The largest absolute Gasteiger partial charge is 0.370 e. The molecule has 8 N–H and O–H groups in total. The lowest BCUT2D eigenvalue weighted by molar-refractivity contribution is -0.438. The van der Waals surface area contributed by atoms with Gasteiger partial charge in [0.25, 0.3) is 27.8 Å². The summed E-state index contributed by atoms with van der Waals surface area (Å²) in [7, 11) is 0. The van der Waals surface area contributed by atoms with Crippen molar-refractivity contribution in [1.29, 1.82) is 0 Å². The second-order valence-electron chi connectivity index (χ2n) is 34.9. The number of nitrogens with two attached hydrogens (primary N) is 3. The Kier molecular flexibility index (Phi) is 24.6. The van der Waals surface area contributed by atoms with Gasteiger partial charge >= 0.3 is 0 Å². The maximum atomic E-state index is 12.8. The molecule has 5 aliphatic rings. The first kappa shape index (κ1) is 88.7. The summed E-state index contributed by atoms with van der Waals surface area (Å²) >= 11 is 8.24. The zero-order valence-corrected chi connectivity index (χ0v) is 79.4. The summed E-state index contributed by atoms with van der Waals surface area (Å²) in [5.41, 5.74) is 38.7. The van der Waals surface area contributed by atoms with E-state index in [2.05, 4.69) is 101 Å². The van der Waals surface area contributed by atoms with E-state index in [1.807, 2.05) is 181 Å². The van der Waals surface area contributed by atoms with Gasteiger partial charge in [-0.15, -0.1) is 56.7 Å². The normalized spacial score (nSPS) is 16.1. The molecular formula is C101H96N25O5S5+. The van der Waals surface area contributed by atoms with E-state index in [0.717, 1.165) is 243 Å². The molecule has 0 bridgehead atoms. The Morgan fingerprint density at radius 1 is 0.331 bits per heavy atom. The zero-order valence-electron chi connectivity index (χ0n) is 75.3. The highest BCUT2D eigenvalue weighted by Crippen LogP contribution is 2.36. The molecule has 5 aliphatic heterocycles. The van der Waals surface area contributed by atoms with Crippen LogP contribution >= 0.6 is 56.7 Å². The highest BCUT2D eigenvalue weighted by Gasteiger charge is 2.26. The number of aromatic nitrogens is 16. The minimum Gasteiger partial charge on any atom is -0.370 e. The fraction of sp³-hybridized carbons (Fsp3) is 0.257. The third-order valence-electron chi connectivity index (χ3n) is 25.2. The van der Waals surface area contributed by atoms with E-state index in [4.69, 9.17) is 37.1 Å². The number of pyridine rings is 4. The van der Waals surface area contributed by atoms with E-state index in [0.29, 0.717) is 62.6 Å². The number of piperidine rings is 2. The number of nitrogens with zero attached hydrogens (tertiary/aromatic N) is 20. The number of nitrogens with one attached hydrogen (secondary N) is 2. The molecule has 0 amide bonds. The van der Waals surface area contributed by atoms with Gasteiger partial charge < -0.3 is 42.5 Å². The van der Waals surface area contributed by atoms with E-state index < -0.39 is 0 Å². The van der Waals surface area contributed by atoms with E-state index in [9.17, 15) is 24.0 Å². The molecule has 30 nitrogen and oxygen atoms in total. The zero-order chi connectivity index (χ0) is 93.1. The Bertz CT molecular complexity index is 7990. The number of anilines is 3. The van der Waals surface area contributed by atoms with Crippen LogP contribution in [0.1, 0.15) is 75.2 Å². The van der Waals surface area contributed by atoms with Crippen LogP contribution in [0, 0.1) is 34.6 Å². The number of fused-ring (bicyclic) bond motifs is 10. The Balaban J connectivity index is 0.000000102. The van der Waals surface area contributed by atoms with Crippen LogP contribution < -0.4 is 70.3 Å². The van der Waals surface area contributed by atoms with Crippen LogP contribution in [0.15, 0.2) is 231 Å². The summed E-state index contributed by atoms with van der Waals surface area (Å²) in [6.45, 7) is 19.9. The summed E-state index contributed by atoms with van der Waals surface area (Å²) in [6, 6.07) is 58.4. The summed E-state index contributed by atoms with van der Waals surface area (Å²) < 4.78 is 15.6. The van der Waals surface area contributed by atoms with Crippen molar-refractivity contribution in [2.75, 3.05) is 86.7 Å². The van der Waals surface area contributed by atoms with Crippen molar-refractivity contribution in [1.82, 2.24) is 87.7 Å². The van der Waals surface area contributed by atoms with Crippen molar-refractivity contribution in [3.05, 3.63) is 289 Å². The van der Waals surface area contributed by atoms with Gasteiger partial charge in [-0.05, 0) is 201 Å². The quantitative estimate of drug-likeness (QED) is 0.0794. The van der Waals surface area contributed by atoms with Crippen molar-refractivity contribution in [2.45, 2.75) is 97.2 Å². The van der Waals surface area contributed by atoms with Crippen LogP contribution in [-0.4, -0.2) is 178 Å². The number of hydrogen-bond acceptors (Lipinski definition) is 29. The molecular weight excluding hydrogens is 1800 g/mol. The van der Waals surface area contributed by atoms with Crippen LogP contribution in [0.5, 0.6) is 0 Å². The average molecular weight is 1900 g/mol. The third-order valence-corrected chi connectivity index (χ3v) is 29.9. The molecule has 20 heterocycles. The predicted molar refractivity (Wildman–Crippen MR) is 549 cm³/mol. The molecule has 0 radical (unpaired) electrons. The smallest absolute Gasteiger partial charge is 0.275 e. The van der Waals surface area contributed by atoms with Gasteiger partial charge in [0.1, 0.15) is 22.6 Å².